The predicted molar refractivity (Wildman–Crippen MR) is 77.8 cm³/mol. The summed E-state index contributed by atoms with van der Waals surface area (Å²) in [5, 5.41) is 8.78. The lowest BCUT2D eigenvalue weighted by Crippen LogP contribution is -2.40. The SMILES string of the molecule is COc1ccc(CN2CCOCC2=O)cc1C#CCCO. The van der Waals surface area contributed by atoms with Crippen LogP contribution < -0.4 is 4.74 Å². The van der Waals surface area contributed by atoms with Gasteiger partial charge in [-0.3, -0.25) is 4.79 Å². The maximum Gasteiger partial charge on any atom is 0.248 e. The van der Waals surface area contributed by atoms with Gasteiger partial charge in [0.1, 0.15) is 12.4 Å². The second kappa shape index (κ2) is 7.67. The number of amides is 1. The quantitative estimate of drug-likeness (QED) is 0.833. The molecule has 1 aliphatic heterocycles. The Bertz CT molecular complexity index is 559. The van der Waals surface area contributed by atoms with Gasteiger partial charge in [0.15, 0.2) is 0 Å². The van der Waals surface area contributed by atoms with E-state index in [-0.39, 0.29) is 19.1 Å². The molecule has 0 unspecified atom stereocenters. The number of benzene rings is 1. The molecule has 21 heavy (non-hydrogen) atoms. The number of hydrogen-bond acceptors (Lipinski definition) is 4. The van der Waals surface area contributed by atoms with Crippen molar-refractivity contribution in [3.05, 3.63) is 29.3 Å². The molecule has 0 spiro atoms. The number of methoxy groups -OCH3 is 1. The first-order chi connectivity index (χ1) is 10.2. The highest BCUT2D eigenvalue weighted by Crippen LogP contribution is 2.20. The van der Waals surface area contributed by atoms with E-state index in [1.165, 1.54) is 0 Å². The number of aliphatic hydroxyl groups is 1. The zero-order valence-corrected chi connectivity index (χ0v) is 12.1. The van der Waals surface area contributed by atoms with Crippen molar-refractivity contribution in [3.63, 3.8) is 0 Å². The highest BCUT2D eigenvalue weighted by molar-refractivity contribution is 5.78. The average molecular weight is 289 g/mol. The summed E-state index contributed by atoms with van der Waals surface area (Å²) in [4.78, 5) is 13.5. The van der Waals surface area contributed by atoms with Crippen LogP contribution in [0.15, 0.2) is 18.2 Å². The van der Waals surface area contributed by atoms with Crippen LogP contribution in [-0.4, -0.2) is 49.4 Å². The van der Waals surface area contributed by atoms with Gasteiger partial charge in [0.25, 0.3) is 0 Å². The molecule has 0 aromatic heterocycles. The van der Waals surface area contributed by atoms with Crippen LogP contribution in [0.5, 0.6) is 5.75 Å². The zero-order valence-electron chi connectivity index (χ0n) is 12.1. The third-order valence-electron chi connectivity index (χ3n) is 3.18. The van der Waals surface area contributed by atoms with Crippen molar-refractivity contribution in [1.29, 1.82) is 0 Å². The van der Waals surface area contributed by atoms with Crippen LogP contribution in [0.25, 0.3) is 0 Å². The topological polar surface area (TPSA) is 59.0 Å². The van der Waals surface area contributed by atoms with E-state index < -0.39 is 0 Å². The van der Waals surface area contributed by atoms with E-state index in [1.807, 2.05) is 18.2 Å². The van der Waals surface area contributed by atoms with E-state index in [0.717, 1.165) is 11.1 Å². The standard InChI is InChI=1S/C16H19NO4/c1-20-15-6-5-13(10-14(15)4-2-3-8-18)11-17-7-9-21-12-16(17)19/h5-6,10,18H,3,7-9,11-12H2,1H3. The Morgan fingerprint density at radius 3 is 3.05 bits per heavy atom. The molecule has 0 radical (unpaired) electrons. The fourth-order valence-electron chi connectivity index (χ4n) is 2.10. The molecule has 1 heterocycles. The van der Waals surface area contributed by atoms with Gasteiger partial charge in [0, 0.05) is 19.5 Å². The molecule has 1 N–H and O–H groups in total. The summed E-state index contributed by atoms with van der Waals surface area (Å²) >= 11 is 0. The van der Waals surface area contributed by atoms with E-state index in [1.54, 1.807) is 12.0 Å². The first kappa shape index (κ1) is 15.4. The van der Waals surface area contributed by atoms with E-state index in [2.05, 4.69) is 11.8 Å². The summed E-state index contributed by atoms with van der Waals surface area (Å²) in [7, 11) is 1.59. The maximum absolute atomic E-state index is 11.7. The first-order valence-corrected chi connectivity index (χ1v) is 6.86. The maximum atomic E-state index is 11.7. The van der Waals surface area contributed by atoms with Crippen molar-refractivity contribution in [2.24, 2.45) is 0 Å². The third-order valence-corrected chi connectivity index (χ3v) is 3.18. The molecule has 1 amide bonds. The highest BCUT2D eigenvalue weighted by atomic mass is 16.5. The van der Waals surface area contributed by atoms with Crippen LogP contribution in [0.3, 0.4) is 0 Å². The molecule has 1 aromatic rings. The molecule has 112 valence electrons. The van der Waals surface area contributed by atoms with Crippen LogP contribution in [0.1, 0.15) is 17.5 Å². The van der Waals surface area contributed by atoms with Gasteiger partial charge >= 0.3 is 0 Å². The lowest BCUT2D eigenvalue weighted by atomic mass is 10.1. The largest absolute Gasteiger partial charge is 0.495 e. The van der Waals surface area contributed by atoms with Gasteiger partial charge in [-0.25, -0.2) is 0 Å². The number of hydrogen-bond donors (Lipinski definition) is 1. The fourth-order valence-corrected chi connectivity index (χ4v) is 2.10. The lowest BCUT2D eigenvalue weighted by molar-refractivity contribution is -0.143. The lowest BCUT2D eigenvalue weighted by Gasteiger charge is -2.27. The summed E-state index contributed by atoms with van der Waals surface area (Å²) in [6.45, 7) is 1.92. The first-order valence-electron chi connectivity index (χ1n) is 6.86. The molecule has 1 aliphatic rings. The van der Waals surface area contributed by atoms with Gasteiger partial charge in [-0.2, -0.15) is 0 Å². The van der Waals surface area contributed by atoms with Crippen LogP contribution in [0, 0.1) is 11.8 Å². The summed E-state index contributed by atoms with van der Waals surface area (Å²) in [5.41, 5.74) is 1.77. The van der Waals surface area contributed by atoms with Crippen LogP contribution in [0.4, 0.5) is 0 Å². The molecule has 0 aliphatic carbocycles. The van der Waals surface area contributed by atoms with Crippen LogP contribution in [-0.2, 0) is 16.1 Å². The molecule has 1 fully saturated rings. The Morgan fingerprint density at radius 1 is 1.48 bits per heavy atom. The van der Waals surface area contributed by atoms with E-state index in [0.29, 0.717) is 31.9 Å². The van der Waals surface area contributed by atoms with Gasteiger partial charge in [0.05, 0.1) is 25.9 Å². The Balaban J connectivity index is 2.15. The summed E-state index contributed by atoms with van der Waals surface area (Å²) in [6.07, 6.45) is 0.426. The molecule has 1 saturated heterocycles. The zero-order chi connectivity index (χ0) is 15.1. The van der Waals surface area contributed by atoms with E-state index >= 15 is 0 Å². The Labute approximate surface area is 124 Å². The molecular formula is C16H19NO4. The second-order valence-corrected chi connectivity index (χ2v) is 4.68. The Kier molecular flexibility index (Phi) is 5.61. The number of aliphatic hydroxyl groups excluding tert-OH is 1. The van der Waals surface area contributed by atoms with Gasteiger partial charge in [-0.15, -0.1) is 0 Å². The number of nitrogens with zero attached hydrogens (tertiary/aromatic N) is 1. The predicted octanol–water partition coefficient (Wildman–Crippen LogP) is 0.788. The summed E-state index contributed by atoms with van der Waals surface area (Å²) in [5.74, 6) is 6.57. The van der Waals surface area contributed by atoms with Gasteiger partial charge in [0.2, 0.25) is 5.91 Å². The molecule has 5 nitrogen and oxygen atoms in total. The Morgan fingerprint density at radius 2 is 2.33 bits per heavy atom. The average Bonchev–Trinajstić information content (AvgIpc) is 2.50. The summed E-state index contributed by atoms with van der Waals surface area (Å²) < 4.78 is 10.4. The molecule has 5 heteroatoms. The van der Waals surface area contributed by atoms with Gasteiger partial charge in [-0.1, -0.05) is 17.9 Å². The molecule has 1 aromatic carbocycles. The fraction of sp³-hybridized carbons (Fsp3) is 0.438. The minimum atomic E-state index is 0.00461. The highest BCUT2D eigenvalue weighted by Gasteiger charge is 2.18. The molecule has 2 rings (SSSR count). The Hall–Kier alpha value is -2.03. The van der Waals surface area contributed by atoms with E-state index in [4.69, 9.17) is 14.6 Å². The van der Waals surface area contributed by atoms with E-state index in [9.17, 15) is 4.79 Å². The van der Waals surface area contributed by atoms with Crippen molar-refractivity contribution in [1.82, 2.24) is 4.90 Å². The third kappa shape index (κ3) is 4.22. The molecule has 0 saturated carbocycles. The van der Waals surface area contributed by atoms with Crippen LogP contribution >= 0.6 is 0 Å². The number of ether oxygens (including phenoxy) is 2. The molecule has 0 bridgehead atoms. The van der Waals surface area contributed by atoms with Crippen molar-refractivity contribution >= 4 is 5.91 Å². The number of carbonyl (C=O) groups is 1. The normalized spacial score (nSPS) is 14.6. The smallest absolute Gasteiger partial charge is 0.248 e. The van der Waals surface area contributed by atoms with Crippen molar-refractivity contribution in [2.45, 2.75) is 13.0 Å². The molecule has 0 atom stereocenters. The number of morpholine rings is 1. The number of carbonyl (C=O) groups excluding carboxylic acids is 1. The monoisotopic (exact) mass is 289 g/mol. The molecular weight excluding hydrogens is 270 g/mol. The minimum absolute atomic E-state index is 0.00461. The van der Waals surface area contributed by atoms with Crippen molar-refractivity contribution < 1.29 is 19.4 Å². The number of rotatable bonds is 4. The van der Waals surface area contributed by atoms with Crippen molar-refractivity contribution in [2.75, 3.05) is 33.5 Å². The van der Waals surface area contributed by atoms with Gasteiger partial charge in [-0.05, 0) is 17.7 Å². The summed E-state index contributed by atoms with van der Waals surface area (Å²) in [6, 6.07) is 5.70. The minimum Gasteiger partial charge on any atom is -0.495 e. The van der Waals surface area contributed by atoms with Crippen LogP contribution in [0.2, 0.25) is 0 Å². The van der Waals surface area contributed by atoms with Gasteiger partial charge < -0.3 is 19.5 Å². The second-order valence-electron chi connectivity index (χ2n) is 4.68. The van der Waals surface area contributed by atoms with Crippen molar-refractivity contribution in [3.8, 4) is 17.6 Å².